The first kappa shape index (κ1) is 21.3. The third-order valence-corrected chi connectivity index (χ3v) is 5.30. The molecular weight excluding hydrogens is 390 g/mol. The molecule has 148 valence electrons. The lowest BCUT2D eigenvalue weighted by Crippen LogP contribution is -2.30. The molecule has 1 aromatic heterocycles. The first-order chi connectivity index (χ1) is 12.7. The van der Waals surface area contributed by atoms with Gasteiger partial charge in [-0.05, 0) is 18.9 Å². The number of rotatable bonds is 9. The van der Waals surface area contributed by atoms with E-state index in [0.29, 0.717) is 29.5 Å². The van der Waals surface area contributed by atoms with Crippen LogP contribution >= 0.6 is 11.3 Å². The molecule has 0 saturated heterocycles. The normalized spacial score (nSPS) is 12.6. The first-order valence-electron chi connectivity index (χ1n) is 8.27. The van der Waals surface area contributed by atoms with Crippen molar-refractivity contribution in [2.45, 2.75) is 26.0 Å². The number of aromatic nitrogens is 1. The van der Waals surface area contributed by atoms with Gasteiger partial charge in [0.1, 0.15) is 5.69 Å². The Kier molecular flexibility index (Phi) is 7.31. The second kappa shape index (κ2) is 9.27. The van der Waals surface area contributed by atoms with Gasteiger partial charge in [-0.3, -0.25) is 4.79 Å². The SMILES string of the molecule is Cc1sc(N(CCC(O)CO)Cc2ccccc2)nc1C(=O)NS(C)(=O)=O. The fraction of sp³-hybridized carbons (Fsp3) is 0.412. The molecule has 0 aliphatic heterocycles. The number of carbonyl (C=O) groups is 1. The maximum Gasteiger partial charge on any atom is 0.284 e. The maximum absolute atomic E-state index is 12.2. The summed E-state index contributed by atoms with van der Waals surface area (Å²) >= 11 is 1.27. The number of aliphatic hydroxyl groups is 2. The van der Waals surface area contributed by atoms with Gasteiger partial charge in [-0.2, -0.15) is 0 Å². The molecule has 27 heavy (non-hydrogen) atoms. The summed E-state index contributed by atoms with van der Waals surface area (Å²) in [5.74, 6) is -0.771. The zero-order chi connectivity index (χ0) is 20.0. The number of aryl methyl sites for hydroxylation is 1. The van der Waals surface area contributed by atoms with Crippen molar-refractivity contribution in [1.82, 2.24) is 9.71 Å². The van der Waals surface area contributed by atoms with Gasteiger partial charge >= 0.3 is 0 Å². The van der Waals surface area contributed by atoms with Crippen LogP contribution in [0.3, 0.4) is 0 Å². The standard InChI is InChI=1S/C17H23N3O5S2/c1-12-15(16(23)19-27(2,24)25)18-17(26-12)20(9-8-14(22)11-21)10-13-6-4-3-5-7-13/h3-7,14,21-22H,8-11H2,1-2H3,(H,19,23). The topological polar surface area (TPSA) is 120 Å². The van der Waals surface area contributed by atoms with Crippen LogP contribution in [-0.2, 0) is 16.6 Å². The molecule has 10 heteroatoms. The Bertz CT molecular complexity index is 868. The van der Waals surface area contributed by atoms with Crippen molar-refractivity contribution in [3.8, 4) is 0 Å². The van der Waals surface area contributed by atoms with Crippen LogP contribution in [0, 0.1) is 6.92 Å². The lowest BCUT2D eigenvalue weighted by Gasteiger charge is -2.23. The number of hydrogen-bond acceptors (Lipinski definition) is 8. The van der Waals surface area contributed by atoms with Crippen molar-refractivity contribution < 1.29 is 23.4 Å². The van der Waals surface area contributed by atoms with Gasteiger partial charge in [-0.1, -0.05) is 30.3 Å². The molecule has 1 amide bonds. The molecule has 0 fully saturated rings. The molecule has 0 spiro atoms. The predicted octanol–water partition coefficient (Wildman–Crippen LogP) is 0.891. The number of nitrogens with one attached hydrogen (secondary N) is 1. The summed E-state index contributed by atoms with van der Waals surface area (Å²) in [5.41, 5.74) is 1.08. The third kappa shape index (κ3) is 6.58. The van der Waals surface area contributed by atoms with E-state index in [9.17, 15) is 18.3 Å². The minimum atomic E-state index is -3.68. The molecule has 0 aliphatic carbocycles. The minimum Gasteiger partial charge on any atom is -0.394 e. The van der Waals surface area contributed by atoms with Crippen LogP contribution in [-0.4, -0.2) is 55.0 Å². The summed E-state index contributed by atoms with van der Waals surface area (Å²) in [6.45, 7) is 2.27. The highest BCUT2D eigenvalue weighted by Crippen LogP contribution is 2.27. The van der Waals surface area contributed by atoms with Gasteiger partial charge in [-0.15, -0.1) is 11.3 Å². The molecule has 0 saturated carbocycles. The molecule has 1 atom stereocenters. The van der Waals surface area contributed by atoms with Crippen LogP contribution in [0.1, 0.15) is 27.3 Å². The average Bonchev–Trinajstić information content (AvgIpc) is 2.99. The molecule has 1 aromatic carbocycles. The molecule has 0 radical (unpaired) electrons. The smallest absolute Gasteiger partial charge is 0.284 e. The van der Waals surface area contributed by atoms with Crippen molar-refractivity contribution in [2.24, 2.45) is 0 Å². The molecule has 1 heterocycles. The van der Waals surface area contributed by atoms with E-state index in [1.807, 2.05) is 40.0 Å². The molecule has 0 aliphatic rings. The van der Waals surface area contributed by atoms with Gasteiger partial charge in [0.25, 0.3) is 5.91 Å². The fourth-order valence-corrected chi connectivity index (χ4v) is 3.75. The van der Waals surface area contributed by atoms with E-state index < -0.39 is 22.0 Å². The summed E-state index contributed by atoms with van der Waals surface area (Å²) in [6.07, 6.45) is 0.385. The summed E-state index contributed by atoms with van der Waals surface area (Å²) in [7, 11) is -3.68. The maximum atomic E-state index is 12.2. The fourth-order valence-electron chi connectivity index (χ4n) is 2.39. The van der Waals surface area contributed by atoms with Crippen LogP contribution in [0.5, 0.6) is 0 Å². The van der Waals surface area contributed by atoms with Crippen molar-refractivity contribution in [3.05, 3.63) is 46.5 Å². The van der Waals surface area contributed by atoms with Gasteiger partial charge in [0.2, 0.25) is 10.0 Å². The quantitative estimate of drug-likeness (QED) is 0.558. The number of benzene rings is 1. The number of nitrogens with zero attached hydrogens (tertiary/aromatic N) is 2. The molecular formula is C17H23N3O5S2. The van der Waals surface area contributed by atoms with Crippen molar-refractivity contribution in [1.29, 1.82) is 0 Å². The van der Waals surface area contributed by atoms with Crippen LogP contribution in [0.25, 0.3) is 0 Å². The Morgan fingerprint density at radius 2 is 2.00 bits per heavy atom. The monoisotopic (exact) mass is 413 g/mol. The second-order valence-electron chi connectivity index (χ2n) is 6.14. The lowest BCUT2D eigenvalue weighted by molar-refractivity contribution is 0.0897. The Hall–Kier alpha value is -2.01. The Morgan fingerprint density at radius 3 is 2.59 bits per heavy atom. The van der Waals surface area contributed by atoms with E-state index in [1.165, 1.54) is 11.3 Å². The van der Waals surface area contributed by atoms with Crippen LogP contribution in [0.4, 0.5) is 5.13 Å². The Labute approximate surface area is 162 Å². The summed E-state index contributed by atoms with van der Waals surface area (Å²) in [5, 5.41) is 19.3. The summed E-state index contributed by atoms with van der Waals surface area (Å²) < 4.78 is 24.5. The predicted molar refractivity (Wildman–Crippen MR) is 104 cm³/mol. The van der Waals surface area contributed by atoms with E-state index in [4.69, 9.17) is 5.11 Å². The van der Waals surface area contributed by atoms with Gasteiger partial charge in [-0.25, -0.2) is 18.1 Å². The van der Waals surface area contributed by atoms with Crippen LogP contribution < -0.4 is 9.62 Å². The molecule has 3 N–H and O–H groups in total. The lowest BCUT2D eigenvalue weighted by atomic mass is 10.2. The third-order valence-electron chi connectivity index (χ3n) is 3.71. The largest absolute Gasteiger partial charge is 0.394 e. The van der Waals surface area contributed by atoms with Crippen molar-refractivity contribution >= 4 is 32.4 Å². The Balaban J connectivity index is 2.26. The molecule has 8 nitrogen and oxygen atoms in total. The first-order valence-corrected chi connectivity index (χ1v) is 11.0. The van der Waals surface area contributed by atoms with Gasteiger partial charge in [0, 0.05) is 18.0 Å². The molecule has 1 unspecified atom stereocenters. The van der Waals surface area contributed by atoms with E-state index >= 15 is 0 Å². The highest BCUT2D eigenvalue weighted by Gasteiger charge is 2.21. The average molecular weight is 414 g/mol. The molecule has 2 aromatic rings. The number of aliphatic hydroxyl groups excluding tert-OH is 2. The van der Waals surface area contributed by atoms with E-state index in [2.05, 4.69) is 4.98 Å². The van der Waals surface area contributed by atoms with E-state index in [1.54, 1.807) is 6.92 Å². The van der Waals surface area contributed by atoms with Crippen molar-refractivity contribution in [3.63, 3.8) is 0 Å². The summed E-state index contributed by atoms with van der Waals surface area (Å²) in [4.78, 5) is 18.9. The number of amides is 1. The van der Waals surface area contributed by atoms with Gasteiger partial charge in [0.15, 0.2) is 5.13 Å². The minimum absolute atomic E-state index is 0.0567. The molecule has 2 rings (SSSR count). The zero-order valence-corrected chi connectivity index (χ0v) is 16.8. The highest BCUT2D eigenvalue weighted by molar-refractivity contribution is 7.89. The second-order valence-corrected chi connectivity index (χ2v) is 9.07. The van der Waals surface area contributed by atoms with E-state index in [-0.39, 0.29) is 12.3 Å². The van der Waals surface area contributed by atoms with Crippen molar-refractivity contribution in [2.75, 3.05) is 24.3 Å². The van der Waals surface area contributed by atoms with Gasteiger partial charge in [0.05, 0.1) is 19.0 Å². The zero-order valence-electron chi connectivity index (χ0n) is 15.1. The Morgan fingerprint density at radius 1 is 1.33 bits per heavy atom. The van der Waals surface area contributed by atoms with Crippen LogP contribution in [0.15, 0.2) is 30.3 Å². The van der Waals surface area contributed by atoms with Gasteiger partial charge < -0.3 is 15.1 Å². The number of thiazole rings is 1. The summed E-state index contributed by atoms with van der Waals surface area (Å²) in [6, 6.07) is 9.63. The number of carbonyl (C=O) groups excluding carboxylic acids is 1. The number of sulfonamides is 1. The molecule has 0 bridgehead atoms. The number of anilines is 1. The van der Waals surface area contributed by atoms with Crippen LogP contribution in [0.2, 0.25) is 0 Å². The number of hydrogen-bond donors (Lipinski definition) is 3. The van der Waals surface area contributed by atoms with E-state index in [0.717, 1.165) is 11.8 Å². The highest BCUT2D eigenvalue weighted by atomic mass is 32.2.